The second kappa shape index (κ2) is 3.65. The van der Waals surface area contributed by atoms with E-state index >= 15 is 0 Å². The molecule has 1 aliphatic rings. The van der Waals surface area contributed by atoms with Gasteiger partial charge in [-0.3, -0.25) is 0 Å². The van der Waals surface area contributed by atoms with Crippen LogP contribution in [0.25, 0.3) is 0 Å². The SMILES string of the molecule is C[C@@H]1CC=C(O[Si](C)(C)C)CC1. The van der Waals surface area contributed by atoms with E-state index in [4.69, 9.17) is 4.43 Å². The van der Waals surface area contributed by atoms with Crippen molar-refractivity contribution >= 4 is 8.32 Å². The van der Waals surface area contributed by atoms with E-state index in [0.717, 1.165) is 12.3 Å². The molecule has 2 heteroatoms. The van der Waals surface area contributed by atoms with Crippen molar-refractivity contribution in [2.24, 2.45) is 5.92 Å². The molecule has 0 aromatic carbocycles. The molecule has 0 aliphatic heterocycles. The van der Waals surface area contributed by atoms with Gasteiger partial charge in [0.15, 0.2) is 0 Å². The lowest BCUT2D eigenvalue weighted by Crippen LogP contribution is -2.25. The molecule has 0 bridgehead atoms. The van der Waals surface area contributed by atoms with Crippen molar-refractivity contribution in [1.29, 1.82) is 0 Å². The molecule has 1 atom stereocenters. The maximum absolute atomic E-state index is 5.93. The summed E-state index contributed by atoms with van der Waals surface area (Å²) in [5.74, 6) is 2.12. The molecule has 1 rings (SSSR count). The van der Waals surface area contributed by atoms with Crippen molar-refractivity contribution in [1.82, 2.24) is 0 Å². The molecule has 0 fully saturated rings. The summed E-state index contributed by atoms with van der Waals surface area (Å²) in [5, 5.41) is 0. The predicted octanol–water partition coefficient (Wildman–Crippen LogP) is 3.54. The fraction of sp³-hybridized carbons (Fsp3) is 0.800. The van der Waals surface area contributed by atoms with Crippen LogP contribution in [0.3, 0.4) is 0 Å². The van der Waals surface area contributed by atoms with Crippen molar-refractivity contribution in [3.8, 4) is 0 Å². The zero-order chi connectivity index (χ0) is 9.19. The standard InChI is InChI=1S/C10H20OSi/c1-9-5-7-10(8-6-9)11-12(2,3)4/h7,9H,5-6,8H2,1-4H3/t9-/m1/s1. The minimum atomic E-state index is -1.33. The van der Waals surface area contributed by atoms with E-state index in [0.29, 0.717) is 0 Å². The van der Waals surface area contributed by atoms with E-state index in [-0.39, 0.29) is 0 Å². The molecule has 1 nitrogen and oxygen atoms in total. The van der Waals surface area contributed by atoms with Crippen molar-refractivity contribution in [2.75, 3.05) is 0 Å². The van der Waals surface area contributed by atoms with Gasteiger partial charge in [-0.05, 0) is 44.5 Å². The van der Waals surface area contributed by atoms with Crippen molar-refractivity contribution in [2.45, 2.75) is 45.8 Å². The van der Waals surface area contributed by atoms with Crippen LogP contribution in [0.5, 0.6) is 0 Å². The predicted molar refractivity (Wildman–Crippen MR) is 55.5 cm³/mol. The molecule has 0 amide bonds. The maximum Gasteiger partial charge on any atom is 0.241 e. The topological polar surface area (TPSA) is 9.23 Å². The first kappa shape index (κ1) is 9.84. The third-order valence-corrected chi connectivity index (χ3v) is 2.94. The average Bonchev–Trinajstić information content (AvgIpc) is 1.91. The Bertz CT molecular complexity index is 179. The van der Waals surface area contributed by atoms with E-state index in [2.05, 4.69) is 32.6 Å². The molecule has 12 heavy (non-hydrogen) atoms. The second-order valence-electron chi connectivity index (χ2n) is 4.76. The molecular weight excluding hydrogens is 164 g/mol. The van der Waals surface area contributed by atoms with Crippen LogP contribution in [-0.4, -0.2) is 8.32 Å². The highest BCUT2D eigenvalue weighted by molar-refractivity contribution is 6.70. The summed E-state index contributed by atoms with van der Waals surface area (Å²) in [5.41, 5.74) is 0. The van der Waals surface area contributed by atoms with Gasteiger partial charge in [0.1, 0.15) is 0 Å². The molecular formula is C10H20OSi. The lowest BCUT2D eigenvalue weighted by atomic mass is 9.95. The Hall–Kier alpha value is -0.243. The van der Waals surface area contributed by atoms with Gasteiger partial charge in [-0.2, -0.15) is 0 Å². The van der Waals surface area contributed by atoms with Gasteiger partial charge in [-0.1, -0.05) is 6.92 Å². The number of hydrogen-bond acceptors (Lipinski definition) is 1. The Morgan fingerprint density at radius 3 is 2.50 bits per heavy atom. The van der Waals surface area contributed by atoms with Gasteiger partial charge in [-0.25, -0.2) is 0 Å². The summed E-state index contributed by atoms with van der Waals surface area (Å²) in [6, 6.07) is 0. The van der Waals surface area contributed by atoms with Crippen LogP contribution in [0, 0.1) is 5.92 Å². The van der Waals surface area contributed by atoms with E-state index in [1.165, 1.54) is 18.6 Å². The van der Waals surface area contributed by atoms with Crippen LogP contribution >= 0.6 is 0 Å². The molecule has 0 saturated heterocycles. The summed E-state index contributed by atoms with van der Waals surface area (Å²) in [4.78, 5) is 0. The number of hydrogen-bond donors (Lipinski definition) is 0. The van der Waals surface area contributed by atoms with Crippen LogP contribution in [0.2, 0.25) is 19.6 Å². The van der Waals surface area contributed by atoms with Gasteiger partial charge in [0.25, 0.3) is 0 Å². The number of rotatable bonds is 2. The maximum atomic E-state index is 5.93. The molecule has 0 radical (unpaired) electrons. The first-order valence-electron chi connectivity index (χ1n) is 4.85. The molecule has 0 saturated carbocycles. The first-order chi connectivity index (χ1) is 5.47. The number of allylic oxidation sites excluding steroid dienone is 2. The normalized spacial score (nSPS) is 25.0. The Morgan fingerprint density at radius 1 is 1.42 bits per heavy atom. The minimum Gasteiger partial charge on any atom is -0.548 e. The van der Waals surface area contributed by atoms with E-state index < -0.39 is 8.32 Å². The second-order valence-corrected chi connectivity index (χ2v) is 9.19. The van der Waals surface area contributed by atoms with Crippen LogP contribution in [0.4, 0.5) is 0 Å². The summed E-state index contributed by atoms with van der Waals surface area (Å²) in [7, 11) is -1.33. The van der Waals surface area contributed by atoms with E-state index in [1.807, 2.05) is 0 Å². The Kier molecular flexibility index (Phi) is 2.99. The summed E-state index contributed by atoms with van der Waals surface area (Å²) < 4.78 is 5.93. The Balaban J connectivity index is 2.44. The largest absolute Gasteiger partial charge is 0.548 e. The highest BCUT2D eigenvalue weighted by atomic mass is 28.4. The molecule has 0 N–H and O–H groups in total. The van der Waals surface area contributed by atoms with Gasteiger partial charge < -0.3 is 4.43 Å². The minimum absolute atomic E-state index is 0.860. The highest BCUT2D eigenvalue weighted by Gasteiger charge is 2.19. The molecule has 0 heterocycles. The smallest absolute Gasteiger partial charge is 0.241 e. The zero-order valence-electron chi connectivity index (χ0n) is 8.68. The van der Waals surface area contributed by atoms with Crippen molar-refractivity contribution in [3.05, 3.63) is 11.8 Å². The van der Waals surface area contributed by atoms with Gasteiger partial charge in [0.05, 0.1) is 5.76 Å². The quantitative estimate of drug-likeness (QED) is 0.596. The summed E-state index contributed by atoms with van der Waals surface area (Å²) in [6.07, 6.45) is 5.95. The summed E-state index contributed by atoms with van der Waals surface area (Å²) >= 11 is 0. The third kappa shape index (κ3) is 3.44. The lowest BCUT2D eigenvalue weighted by molar-refractivity contribution is 0.354. The van der Waals surface area contributed by atoms with Gasteiger partial charge in [0.2, 0.25) is 8.32 Å². The van der Waals surface area contributed by atoms with Crippen molar-refractivity contribution < 1.29 is 4.43 Å². The van der Waals surface area contributed by atoms with E-state index in [9.17, 15) is 0 Å². The lowest BCUT2D eigenvalue weighted by Gasteiger charge is -2.25. The van der Waals surface area contributed by atoms with Crippen LogP contribution in [-0.2, 0) is 4.43 Å². The fourth-order valence-electron chi connectivity index (χ4n) is 1.43. The Morgan fingerprint density at radius 2 is 2.08 bits per heavy atom. The summed E-state index contributed by atoms with van der Waals surface area (Å²) in [6.45, 7) is 9.03. The molecule has 0 aromatic rings. The third-order valence-electron chi connectivity index (χ3n) is 2.07. The van der Waals surface area contributed by atoms with Gasteiger partial charge in [0, 0.05) is 6.42 Å². The Labute approximate surface area is 76.9 Å². The fourth-order valence-corrected chi connectivity index (χ4v) is 2.40. The first-order valence-corrected chi connectivity index (χ1v) is 8.26. The molecule has 70 valence electrons. The van der Waals surface area contributed by atoms with Crippen LogP contribution in [0.1, 0.15) is 26.2 Å². The molecule has 1 aliphatic carbocycles. The van der Waals surface area contributed by atoms with Crippen LogP contribution in [0.15, 0.2) is 11.8 Å². The van der Waals surface area contributed by atoms with Gasteiger partial charge in [-0.15, -0.1) is 0 Å². The zero-order valence-corrected chi connectivity index (χ0v) is 9.68. The monoisotopic (exact) mass is 184 g/mol. The van der Waals surface area contributed by atoms with Crippen LogP contribution < -0.4 is 0 Å². The highest BCUT2D eigenvalue weighted by Crippen LogP contribution is 2.25. The van der Waals surface area contributed by atoms with Crippen molar-refractivity contribution in [3.63, 3.8) is 0 Å². The average molecular weight is 184 g/mol. The van der Waals surface area contributed by atoms with E-state index in [1.54, 1.807) is 0 Å². The molecule has 0 unspecified atom stereocenters. The molecule has 0 aromatic heterocycles. The van der Waals surface area contributed by atoms with Gasteiger partial charge >= 0.3 is 0 Å². The molecule has 0 spiro atoms.